The predicted octanol–water partition coefficient (Wildman–Crippen LogP) is 2.17. The fourth-order valence-electron chi connectivity index (χ4n) is 3.95. The van der Waals surface area contributed by atoms with Crippen LogP contribution < -0.4 is 9.64 Å². The van der Waals surface area contributed by atoms with Crippen LogP contribution in [0.5, 0.6) is 5.88 Å². The van der Waals surface area contributed by atoms with E-state index in [0.717, 1.165) is 22.8 Å². The van der Waals surface area contributed by atoms with Gasteiger partial charge in [-0.25, -0.2) is 9.67 Å². The Bertz CT molecular complexity index is 1270. The molecule has 1 unspecified atom stereocenters. The van der Waals surface area contributed by atoms with E-state index in [9.17, 15) is 4.55 Å². The lowest BCUT2D eigenvalue weighted by Crippen LogP contribution is -2.37. The minimum Gasteiger partial charge on any atom is -0.615 e. The summed E-state index contributed by atoms with van der Waals surface area (Å²) in [6.45, 7) is 4.53. The summed E-state index contributed by atoms with van der Waals surface area (Å²) in [6, 6.07) is 9.91. The van der Waals surface area contributed by atoms with Gasteiger partial charge in [-0.2, -0.15) is 9.97 Å². The maximum Gasteiger partial charge on any atom is 0.254 e. The normalized spacial score (nSPS) is 15.2. The topological polar surface area (TPSA) is 106 Å². The summed E-state index contributed by atoms with van der Waals surface area (Å²) in [5.74, 6) is 2.64. The number of benzene rings is 1. The molecule has 10 nitrogen and oxygen atoms in total. The van der Waals surface area contributed by atoms with E-state index in [1.807, 2.05) is 48.0 Å². The molecule has 0 saturated carbocycles. The molecule has 0 spiro atoms. The van der Waals surface area contributed by atoms with Crippen LogP contribution in [0.2, 0.25) is 0 Å². The van der Waals surface area contributed by atoms with E-state index < -0.39 is 11.2 Å². The average molecular weight is 468 g/mol. The van der Waals surface area contributed by atoms with Gasteiger partial charge in [-0.15, -0.1) is 5.10 Å². The molecular weight excluding hydrogens is 442 g/mol. The van der Waals surface area contributed by atoms with Gasteiger partial charge in [0.15, 0.2) is 22.9 Å². The molecule has 1 aliphatic heterocycles. The van der Waals surface area contributed by atoms with Crippen LogP contribution in [-0.2, 0) is 21.8 Å². The summed E-state index contributed by atoms with van der Waals surface area (Å²) in [7, 11) is 1.59. The molecule has 5 rings (SSSR count). The Kier molecular flexibility index (Phi) is 5.92. The van der Waals surface area contributed by atoms with Crippen molar-refractivity contribution >= 4 is 28.2 Å². The number of nitrogens with zero attached hydrogens (tertiary/aromatic N) is 7. The summed E-state index contributed by atoms with van der Waals surface area (Å²) in [6.07, 6.45) is 3.53. The highest BCUT2D eigenvalue weighted by molar-refractivity contribution is 7.89. The lowest BCUT2D eigenvalue weighted by Gasteiger charge is -2.28. The molecule has 4 heterocycles. The fraction of sp³-hybridized carbons (Fsp3) is 0.364. The predicted molar refractivity (Wildman–Crippen MR) is 126 cm³/mol. The van der Waals surface area contributed by atoms with E-state index in [4.69, 9.17) is 24.4 Å². The molecule has 33 heavy (non-hydrogen) atoms. The second kappa shape index (κ2) is 9.00. The first-order valence-electron chi connectivity index (χ1n) is 10.6. The molecular formula is C22H25N7O3S. The molecule has 0 radical (unpaired) electrons. The first-order valence-corrected chi connectivity index (χ1v) is 12.3. The van der Waals surface area contributed by atoms with Gasteiger partial charge < -0.3 is 18.9 Å². The van der Waals surface area contributed by atoms with Gasteiger partial charge in [0.05, 0.1) is 32.1 Å². The van der Waals surface area contributed by atoms with Gasteiger partial charge in [-0.3, -0.25) is 4.57 Å². The van der Waals surface area contributed by atoms with Gasteiger partial charge >= 0.3 is 0 Å². The molecule has 0 bridgehead atoms. The summed E-state index contributed by atoms with van der Waals surface area (Å²) in [5.41, 5.74) is 3.14. The van der Waals surface area contributed by atoms with Crippen LogP contribution in [0, 0.1) is 6.92 Å². The number of fused-ring (bicyclic) bond motifs is 1. The zero-order chi connectivity index (χ0) is 22.9. The summed E-state index contributed by atoms with van der Waals surface area (Å²) in [4.78, 5) is 16.5. The molecule has 0 N–H and O–H groups in total. The molecule has 3 aromatic heterocycles. The molecule has 1 aliphatic rings. The van der Waals surface area contributed by atoms with Crippen LogP contribution in [0.4, 0.5) is 5.82 Å². The van der Waals surface area contributed by atoms with Crippen molar-refractivity contribution in [3.8, 4) is 23.0 Å². The molecule has 11 heteroatoms. The third-order valence-corrected chi connectivity index (χ3v) is 6.16. The lowest BCUT2D eigenvalue weighted by molar-refractivity contribution is 0.122. The highest BCUT2D eigenvalue weighted by atomic mass is 32.2. The Morgan fingerprint density at radius 2 is 1.88 bits per heavy atom. The van der Waals surface area contributed by atoms with Crippen LogP contribution in [0.3, 0.4) is 0 Å². The highest BCUT2D eigenvalue weighted by Gasteiger charge is 2.24. The van der Waals surface area contributed by atoms with Crippen molar-refractivity contribution in [2.24, 2.45) is 0 Å². The van der Waals surface area contributed by atoms with Crippen LogP contribution >= 0.6 is 0 Å². The number of aryl methyl sites for hydroxylation is 1. The Morgan fingerprint density at radius 3 is 2.58 bits per heavy atom. The Morgan fingerprint density at radius 1 is 1.12 bits per heavy atom. The van der Waals surface area contributed by atoms with E-state index in [1.165, 1.54) is 0 Å². The van der Waals surface area contributed by atoms with Crippen molar-refractivity contribution in [3.05, 3.63) is 42.4 Å². The SMILES string of the molecule is COc1nn(-c2nc(N3CCOCC3)c3nc(C)n(C[S+](C)[O-])c3n2)cc1-c1ccccc1. The van der Waals surface area contributed by atoms with Crippen LogP contribution in [0.25, 0.3) is 28.2 Å². The first-order chi connectivity index (χ1) is 16.0. The summed E-state index contributed by atoms with van der Waals surface area (Å²) < 4.78 is 26.6. The van der Waals surface area contributed by atoms with Crippen molar-refractivity contribution in [2.75, 3.05) is 44.6 Å². The van der Waals surface area contributed by atoms with Gasteiger partial charge in [0.25, 0.3) is 5.95 Å². The van der Waals surface area contributed by atoms with E-state index in [0.29, 0.717) is 55.2 Å². The molecule has 1 saturated heterocycles. The van der Waals surface area contributed by atoms with Crippen LogP contribution in [-0.4, -0.2) is 73.5 Å². The third kappa shape index (κ3) is 4.14. The average Bonchev–Trinajstić information content (AvgIpc) is 3.41. The number of imidazole rings is 1. The van der Waals surface area contributed by atoms with Crippen molar-refractivity contribution in [1.29, 1.82) is 0 Å². The number of aromatic nitrogens is 6. The molecule has 1 aromatic carbocycles. The first kappa shape index (κ1) is 21.7. The maximum absolute atomic E-state index is 12.1. The Balaban J connectivity index is 1.69. The van der Waals surface area contributed by atoms with E-state index in [1.54, 1.807) is 18.0 Å². The van der Waals surface area contributed by atoms with E-state index in [2.05, 4.69) is 10.00 Å². The van der Waals surface area contributed by atoms with Crippen molar-refractivity contribution < 1.29 is 14.0 Å². The number of morpholine rings is 1. The number of anilines is 1. The number of ether oxygens (including phenoxy) is 2. The minimum atomic E-state index is -1.06. The lowest BCUT2D eigenvalue weighted by atomic mass is 10.1. The van der Waals surface area contributed by atoms with Crippen molar-refractivity contribution in [1.82, 2.24) is 29.3 Å². The molecule has 0 amide bonds. The zero-order valence-corrected chi connectivity index (χ0v) is 19.6. The number of rotatable bonds is 6. The molecule has 0 aliphatic carbocycles. The maximum atomic E-state index is 12.1. The third-order valence-electron chi connectivity index (χ3n) is 5.54. The summed E-state index contributed by atoms with van der Waals surface area (Å²) >= 11 is -1.06. The van der Waals surface area contributed by atoms with Crippen molar-refractivity contribution in [3.63, 3.8) is 0 Å². The second-order valence-electron chi connectivity index (χ2n) is 7.77. The zero-order valence-electron chi connectivity index (χ0n) is 18.8. The van der Waals surface area contributed by atoms with Crippen molar-refractivity contribution in [2.45, 2.75) is 12.8 Å². The van der Waals surface area contributed by atoms with E-state index >= 15 is 0 Å². The monoisotopic (exact) mass is 467 g/mol. The minimum absolute atomic E-state index is 0.305. The Hall–Kier alpha value is -3.15. The molecule has 172 valence electrons. The smallest absolute Gasteiger partial charge is 0.254 e. The fourth-order valence-corrected chi connectivity index (χ4v) is 4.62. The molecule has 1 atom stereocenters. The van der Waals surface area contributed by atoms with Gasteiger partial charge in [-0.05, 0) is 23.7 Å². The van der Waals surface area contributed by atoms with E-state index in [-0.39, 0.29) is 0 Å². The summed E-state index contributed by atoms with van der Waals surface area (Å²) in [5, 5.41) is 4.60. The van der Waals surface area contributed by atoms with Gasteiger partial charge in [0, 0.05) is 19.3 Å². The van der Waals surface area contributed by atoms with Crippen LogP contribution in [0.1, 0.15) is 5.82 Å². The number of hydrogen-bond acceptors (Lipinski definition) is 8. The number of methoxy groups -OCH3 is 1. The number of hydrogen-bond donors (Lipinski definition) is 0. The molecule has 1 fully saturated rings. The quantitative estimate of drug-likeness (QED) is 0.397. The molecule has 4 aromatic rings. The van der Waals surface area contributed by atoms with Gasteiger partial charge in [-0.1, -0.05) is 30.3 Å². The largest absolute Gasteiger partial charge is 0.615 e. The van der Waals surface area contributed by atoms with Gasteiger partial charge in [0.1, 0.15) is 5.82 Å². The Labute approximate surface area is 194 Å². The standard InChI is InChI=1S/C22H25N7O3S/c1-15-23-18-19(27-9-11-32-12-10-27)24-22(25-20(18)28(15)14-33(3)30)29-13-17(21(26-29)31-2)16-7-5-4-6-8-16/h4-8,13H,9-12,14H2,1-3H3. The van der Waals surface area contributed by atoms with Crippen LogP contribution in [0.15, 0.2) is 36.5 Å². The van der Waals surface area contributed by atoms with Gasteiger partial charge in [0.2, 0.25) is 5.88 Å². The highest BCUT2D eigenvalue weighted by Crippen LogP contribution is 2.31. The second-order valence-corrected chi connectivity index (χ2v) is 9.18.